The Morgan fingerprint density at radius 1 is 1.33 bits per heavy atom. The summed E-state index contributed by atoms with van der Waals surface area (Å²) in [6.07, 6.45) is 5.13. The molecule has 0 aromatic heterocycles. The lowest BCUT2D eigenvalue weighted by Crippen LogP contribution is -2.33. The maximum absolute atomic E-state index is 12.0. The van der Waals surface area contributed by atoms with Crippen LogP contribution in [0.3, 0.4) is 0 Å². The highest BCUT2D eigenvalue weighted by Crippen LogP contribution is 2.28. The van der Waals surface area contributed by atoms with Gasteiger partial charge in [0, 0.05) is 12.2 Å². The number of para-hydroxylation sites is 1. The van der Waals surface area contributed by atoms with Gasteiger partial charge in [-0.3, -0.25) is 4.79 Å². The molecule has 0 saturated heterocycles. The lowest BCUT2D eigenvalue weighted by atomic mass is 9.80. The van der Waals surface area contributed by atoms with Crippen LogP contribution < -0.4 is 11.1 Å². The fraction of sp³-hybridized carbons (Fsp3) is 0.533. The summed E-state index contributed by atoms with van der Waals surface area (Å²) in [5, 5.41) is 3.02. The van der Waals surface area contributed by atoms with Gasteiger partial charge in [0.1, 0.15) is 0 Å². The van der Waals surface area contributed by atoms with Crippen molar-refractivity contribution in [3.8, 4) is 0 Å². The molecule has 2 unspecified atom stereocenters. The first-order valence-electron chi connectivity index (χ1n) is 6.81. The van der Waals surface area contributed by atoms with Crippen molar-refractivity contribution in [3.05, 3.63) is 29.8 Å². The summed E-state index contributed by atoms with van der Waals surface area (Å²) in [5.41, 5.74) is 6.93. The highest BCUT2D eigenvalue weighted by molar-refractivity contribution is 5.99. The normalized spacial score (nSPS) is 23.6. The second-order valence-electron chi connectivity index (χ2n) is 5.32. The van der Waals surface area contributed by atoms with Gasteiger partial charge < -0.3 is 11.1 Å². The quantitative estimate of drug-likeness (QED) is 0.806. The number of nitrogens with one attached hydrogen (secondary N) is 1. The van der Waals surface area contributed by atoms with Crippen molar-refractivity contribution < 1.29 is 4.79 Å². The van der Waals surface area contributed by atoms with Gasteiger partial charge in [-0.25, -0.2) is 0 Å². The van der Waals surface area contributed by atoms with Gasteiger partial charge in [-0.1, -0.05) is 38.3 Å². The first kappa shape index (κ1) is 12.9. The summed E-state index contributed by atoms with van der Waals surface area (Å²) in [4.78, 5) is 12.0. The number of carbonyl (C=O) groups excluding carboxylic acids is 1. The summed E-state index contributed by atoms with van der Waals surface area (Å²) in [6, 6.07) is 7.22. The monoisotopic (exact) mass is 246 g/mol. The number of benzene rings is 1. The first-order chi connectivity index (χ1) is 8.68. The summed E-state index contributed by atoms with van der Waals surface area (Å²) >= 11 is 0. The lowest BCUT2D eigenvalue weighted by Gasteiger charge is -2.28. The Morgan fingerprint density at radius 2 is 2.06 bits per heavy atom. The van der Waals surface area contributed by atoms with Crippen molar-refractivity contribution >= 4 is 11.6 Å². The van der Waals surface area contributed by atoms with Crippen LogP contribution in [0.5, 0.6) is 0 Å². The average Bonchev–Trinajstić information content (AvgIpc) is 2.38. The molecule has 18 heavy (non-hydrogen) atoms. The van der Waals surface area contributed by atoms with E-state index < -0.39 is 0 Å². The molecule has 1 saturated carbocycles. The van der Waals surface area contributed by atoms with Crippen LogP contribution in [0, 0.1) is 11.8 Å². The van der Waals surface area contributed by atoms with Gasteiger partial charge in [0.15, 0.2) is 0 Å². The van der Waals surface area contributed by atoms with Crippen LogP contribution in [0.4, 0.5) is 5.69 Å². The molecule has 0 radical (unpaired) electrons. The van der Waals surface area contributed by atoms with E-state index in [-0.39, 0.29) is 5.91 Å². The molecule has 1 aromatic rings. The summed E-state index contributed by atoms with van der Waals surface area (Å²) in [7, 11) is 0. The van der Waals surface area contributed by atoms with Crippen LogP contribution in [0.15, 0.2) is 24.3 Å². The zero-order valence-electron chi connectivity index (χ0n) is 11.0. The molecule has 98 valence electrons. The van der Waals surface area contributed by atoms with Crippen molar-refractivity contribution in [2.24, 2.45) is 11.8 Å². The standard InChI is InChI=1S/C15H22N2O/c1-11-6-2-3-7-12(11)10-17-15(18)13-8-4-5-9-14(13)16/h4-5,8-9,11-12H,2-3,6-7,10,16H2,1H3,(H,17,18). The third kappa shape index (κ3) is 3.03. The molecular formula is C15H22N2O. The fourth-order valence-electron chi connectivity index (χ4n) is 2.72. The summed E-state index contributed by atoms with van der Waals surface area (Å²) < 4.78 is 0. The van der Waals surface area contributed by atoms with E-state index in [0.29, 0.717) is 23.1 Å². The molecule has 2 rings (SSSR count). The molecule has 3 heteroatoms. The Balaban J connectivity index is 1.90. The van der Waals surface area contributed by atoms with Crippen LogP contribution >= 0.6 is 0 Å². The van der Waals surface area contributed by atoms with Gasteiger partial charge in [0.25, 0.3) is 5.91 Å². The minimum Gasteiger partial charge on any atom is -0.398 e. The van der Waals surface area contributed by atoms with E-state index >= 15 is 0 Å². The first-order valence-corrected chi connectivity index (χ1v) is 6.81. The van der Waals surface area contributed by atoms with Crippen molar-refractivity contribution in [3.63, 3.8) is 0 Å². The second kappa shape index (κ2) is 5.89. The molecule has 1 aromatic carbocycles. The zero-order valence-corrected chi connectivity index (χ0v) is 11.0. The van der Waals surface area contributed by atoms with Crippen molar-refractivity contribution in [2.75, 3.05) is 12.3 Å². The number of hydrogen-bond donors (Lipinski definition) is 2. The Labute approximate surface area is 109 Å². The zero-order chi connectivity index (χ0) is 13.0. The van der Waals surface area contributed by atoms with Gasteiger partial charge >= 0.3 is 0 Å². The second-order valence-corrected chi connectivity index (χ2v) is 5.32. The Kier molecular flexibility index (Phi) is 4.24. The Bertz CT molecular complexity index is 417. The molecular weight excluding hydrogens is 224 g/mol. The smallest absolute Gasteiger partial charge is 0.253 e. The van der Waals surface area contributed by atoms with E-state index in [1.54, 1.807) is 12.1 Å². The topological polar surface area (TPSA) is 55.1 Å². The number of rotatable bonds is 3. The molecule has 0 aliphatic heterocycles. The van der Waals surface area contributed by atoms with Gasteiger partial charge in [0.2, 0.25) is 0 Å². The fourth-order valence-corrected chi connectivity index (χ4v) is 2.72. The highest BCUT2D eigenvalue weighted by atomic mass is 16.1. The number of anilines is 1. The largest absolute Gasteiger partial charge is 0.398 e. The minimum atomic E-state index is -0.0501. The molecule has 1 fully saturated rings. The number of nitrogens with two attached hydrogens (primary N) is 1. The van der Waals surface area contributed by atoms with E-state index in [2.05, 4.69) is 12.2 Å². The number of amides is 1. The minimum absolute atomic E-state index is 0.0501. The molecule has 0 spiro atoms. The third-order valence-electron chi connectivity index (χ3n) is 4.02. The maximum Gasteiger partial charge on any atom is 0.253 e. The van der Waals surface area contributed by atoms with Gasteiger partial charge in [-0.15, -0.1) is 0 Å². The van der Waals surface area contributed by atoms with Crippen LogP contribution in [0.1, 0.15) is 43.0 Å². The number of hydrogen-bond acceptors (Lipinski definition) is 2. The molecule has 3 nitrogen and oxygen atoms in total. The molecule has 1 aliphatic rings. The molecule has 1 aliphatic carbocycles. The summed E-state index contributed by atoms with van der Waals surface area (Å²) in [6.45, 7) is 3.06. The SMILES string of the molecule is CC1CCCCC1CNC(=O)c1ccccc1N. The van der Waals surface area contributed by atoms with Crippen LogP contribution in [0.2, 0.25) is 0 Å². The van der Waals surface area contributed by atoms with Gasteiger partial charge in [-0.05, 0) is 30.4 Å². The van der Waals surface area contributed by atoms with Crippen LogP contribution in [-0.2, 0) is 0 Å². The van der Waals surface area contributed by atoms with Gasteiger partial charge in [-0.2, -0.15) is 0 Å². The molecule has 3 N–H and O–H groups in total. The maximum atomic E-state index is 12.0. The third-order valence-corrected chi connectivity index (χ3v) is 4.02. The van der Waals surface area contributed by atoms with Crippen molar-refractivity contribution in [1.82, 2.24) is 5.32 Å². The van der Waals surface area contributed by atoms with E-state index in [1.807, 2.05) is 12.1 Å². The lowest BCUT2D eigenvalue weighted by molar-refractivity contribution is 0.0937. The number of carbonyl (C=O) groups is 1. The predicted octanol–water partition coefficient (Wildman–Crippen LogP) is 2.82. The van der Waals surface area contributed by atoms with E-state index in [0.717, 1.165) is 6.54 Å². The average molecular weight is 246 g/mol. The van der Waals surface area contributed by atoms with Gasteiger partial charge in [0.05, 0.1) is 5.56 Å². The van der Waals surface area contributed by atoms with E-state index in [9.17, 15) is 4.79 Å². The predicted molar refractivity (Wildman–Crippen MR) is 74.3 cm³/mol. The highest BCUT2D eigenvalue weighted by Gasteiger charge is 2.21. The molecule has 1 amide bonds. The number of nitrogen functional groups attached to an aromatic ring is 1. The van der Waals surface area contributed by atoms with Crippen molar-refractivity contribution in [2.45, 2.75) is 32.6 Å². The van der Waals surface area contributed by atoms with Crippen LogP contribution in [-0.4, -0.2) is 12.5 Å². The summed E-state index contributed by atoms with van der Waals surface area (Å²) in [5.74, 6) is 1.28. The van der Waals surface area contributed by atoms with Crippen LogP contribution in [0.25, 0.3) is 0 Å². The Morgan fingerprint density at radius 3 is 2.78 bits per heavy atom. The Hall–Kier alpha value is -1.51. The molecule has 2 atom stereocenters. The molecule has 0 heterocycles. The van der Waals surface area contributed by atoms with Crippen molar-refractivity contribution in [1.29, 1.82) is 0 Å². The molecule has 0 bridgehead atoms. The van der Waals surface area contributed by atoms with E-state index in [1.165, 1.54) is 25.7 Å². The van der Waals surface area contributed by atoms with E-state index in [4.69, 9.17) is 5.73 Å².